The highest BCUT2D eigenvalue weighted by atomic mass is 16.6. The summed E-state index contributed by atoms with van der Waals surface area (Å²) in [6.45, 7) is 3.98. The molecule has 2 N–H and O–H groups in total. The second-order valence-corrected chi connectivity index (χ2v) is 9.39. The number of ether oxygens (including phenoxy) is 3. The average Bonchev–Trinajstić information content (AvgIpc) is 3.43. The van der Waals surface area contributed by atoms with Gasteiger partial charge >= 0.3 is 18.0 Å². The van der Waals surface area contributed by atoms with Crippen molar-refractivity contribution >= 4 is 35.6 Å². The van der Waals surface area contributed by atoms with Crippen molar-refractivity contribution in [1.29, 1.82) is 0 Å². The van der Waals surface area contributed by atoms with Crippen LogP contribution in [0.5, 0.6) is 5.88 Å². The van der Waals surface area contributed by atoms with Crippen LogP contribution in [0.4, 0.5) is 4.79 Å². The lowest BCUT2D eigenvalue weighted by molar-refractivity contribution is -0.146. The van der Waals surface area contributed by atoms with Crippen molar-refractivity contribution in [1.82, 2.24) is 24.9 Å². The van der Waals surface area contributed by atoms with E-state index in [0.29, 0.717) is 5.69 Å². The first-order chi connectivity index (χ1) is 20.6. The number of aromatic nitrogens is 2. The number of ketones is 1. The quantitative estimate of drug-likeness (QED) is 0.233. The fourth-order valence-electron chi connectivity index (χ4n) is 4.21. The van der Waals surface area contributed by atoms with Crippen LogP contribution >= 0.6 is 0 Å². The number of esters is 1. The number of benzene rings is 1. The summed E-state index contributed by atoms with van der Waals surface area (Å²) in [7, 11) is 0. The van der Waals surface area contributed by atoms with Gasteiger partial charge in [0.05, 0.1) is 18.9 Å². The Bertz CT molecular complexity index is 1300. The minimum Gasteiger partial charge on any atom is -0.481 e. The number of nitrogens with zero attached hydrogens (tertiary/aromatic N) is 4. The normalized spacial score (nSPS) is 13.5. The van der Waals surface area contributed by atoms with Gasteiger partial charge in [0, 0.05) is 38.7 Å². The topological polar surface area (TPSA) is 187 Å². The Balaban J connectivity index is 1.76. The number of hydrogen-bond donors (Lipinski definition) is 2. The molecule has 2 heterocycles. The van der Waals surface area contributed by atoms with Crippen LogP contribution in [-0.2, 0) is 28.7 Å². The second-order valence-electron chi connectivity index (χ2n) is 9.39. The lowest BCUT2D eigenvalue weighted by Crippen LogP contribution is -2.56. The standard InChI is InChI=1S/C28H35N5O10/c1-3-41-25(37)16-20(34)18-43-23-17-22(30-33(23)19-8-6-5-7-9-19)26(38)29-21(10-11-24(35)36)27(39)31-12-14-32(15-13-31)28(40)42-4-2/h5-9,17,21H,3-4,10-16,18H2,1-2H3,(H,29,38)(H,35,36). The van der Waals surface area contributed by atoms with Crippen LogP contribution in [-0.4, -0.2) is 112 Å². The molecule has 1 aliphatic rings. The third-order valence-electron chi connectivity index (χ3n) is 6.31. The molecule has 1 aromatic carbocycles. The zero-order chi connectivity index (χ0) is 31.4. The van der Waals surface area contributed by atoms with Gasteiger partial charge in [-0.15, -0.1) is 0 Å². The number of carboxylic acids is 1. The molecule has 3 rings (SSSR count). The number of aliphatic carboxylic acids is 1. The summed E-state index contributed by atoms with van der Waals surface area (Å²) in [4.78, 5) is 76.7. The van der Waals surface area contributed by atoms with Gasteiger partial charge in [0.25, 0.3) is 5.91 Å². The summed E-state index contributed by atoms with van der Waals surface area (Å²) >= 11 is 0. The largest absolute Gasteiger partial charge is 0.481 e. The third kappa shape index (κ3) is 9.55. The van der Waals surface area contributed by atoms with Gasteiger partial charge in [-0.25, -0.2) is 9.48 Å². The van der Waals surface area contributed by atoms with E-state index in [0.717, 1.165) is 0 Å². The monoisotopic (exact) mass is 601 g/mol. The number of carboxylic acid groups (broad SMARTS) is 1. The summed E-state index contributed by atoms with van der Waals surface area (Å²) in [6, 6.07) is 8.71. The van der Waals surface area contributed by atoms with Crippen molar-refractivity contribution in [2.45, 2.75) is 39.2 Å². The van der Waals surface area contributed by atoms with Gasteiger partial charge in [-0.05, 0) is 32.4 Å². The van der Waals surface area contributed by atoms with Crippen LogP contribution in [0.3, 0.4) is 0 Å². The second kappa shape index (κ2) is 15.9. The summed E-state index contributed by atoms with van der Waals surface area (Å²) in [6.07, 6.45) is -1.53. The lowest BCUT2D eigenvalue weighted by atomic mass is 10.1. The van der Waals surface area contributed by atoms with Crippen molar-refractivity contribution in [2.75, 3.05) is 46.0 Å². The Morgan fingerprint density at radius 2 is 1.60 bits per heavy atom. The minimum atomic E-state index is -1.19. The maximum atomic E-state index is 13.3. The van der Waals surface area contributed by atoms with Crippen molar-refractivity contribution in [2.24, 2.45) is 0 Å². The van der Waals surface area contributed by atoms with E-state index in [2.05, 4.69) is 10.4 Å². The van der Waals surface area contributed by atoms with Gasteiger partial charge in [0.1, 0.15) is 19.1 Å². The van der Waals surface area contributed by atoms with E-state index in [1.807, 2.05) is 0 Å². The molecule has 1 aromatic heterocycles. The number of Topliss-reactive ketones (excluding diaryl/α,β-unsaturated/α-hetero) is 1. The first-order valence-electron chi connectivity index (χ1n) is 13.8. The number of para-hydroxylation sites is 1. The molecule has 2 aromatic rings. The molecule has 1 atom stereocenters. The molecule has 3 amide bonds. The molecule has 43 heavy (non-hydrogen) atoms. The van der Waals surface area contributed by atoms with Crippen molar-refractivity contribution < 1.29 is 48.1 Å². The Kier molecular flexibility index (Phi) is 12.0. The highest BCUT2D eigenvalue weighted by Crippen LogP contribution is 2.20. The molecule has 0 saturated carbocycles. The molecule has 1 fully saturated rings. The number of carbonyl (C=O) groups excluding carboxylic acids is 5. The maximum absolute atomic E-state index is 13.3. The number of hydrogen-bond acceptors (Lipinski definition) is 10. The molecule has 1 saturated heterocycles. The molecule has 0 aliphatic carbocycles. The van der Waals surface area contributed by atoms with E-state index in [9.17, 15) is 33.9 Å². The number of carbonyl (C=O) groups is 6. The zero-order valence-corrected chi connectivity index (χ0v) is 24.0. The lowest BCUT2D eigenvalue weighted by Gasteiger charge is -2.35. The Hall–Kier alpha value is -4.95. The van der Waals surface area contributed by atoms with Crippen LogP contribution in [0.1, 0.15) is 43.6 Å². The molecular formula is C28H35N5O10. The maximum Gasteiger partial charge on any atom is 0.409 e. The van der Waals surface area contributed by atoms with Crippen LogP contribution in [0.2, 0.25) is 0 Å². The van der Waals surface area contributed by atoms with E-state index in [1.165, 1.54) is 20.5 Å². The average molecular weight is 602 g/mol. The smallest absolute Gasteiger partial charge is 0.409 e. The van der Waals surface area contributed by atoms with E-state index in [-0.39, 0.29) is 63.8 Å². The molecule has 0 bridgehead atoms. The predicted octanol–water partition coefficient (Wildman–Crippen LogP) is 1.04. The van der Waals surface area contributed by atoms with E-state index in [4.69, 9.17) is 14.2 Å². The predicted molar refractivity (Wildman–Crippen MR) is 149 cm³/mol. The fraction of sp³-hybridized carbons (Fsp3) is 0.464. The SMILES string of the molecule is CCOC(=O)CC(=O)COc1cc(C(=O)NC(CCC(=O)O)C(=O)N2CCN(C(=O)OCC)CC2)nn1-c1ccccc1. The van der Waals surface area contributed by atoms with Crippen LogP contribution in [0, 0.1) is 0 Å². The van der Waals surface area contributed by atoms with E-state index in [1.54, 1.807) is 44.2 Å². The highest BCUT2D eigenvalue weighted by molar-refractivity contribution is 5.97. The molecule has 0 spiro atoms. The number of rotatable bonds is 14. The van der Waals surface area contributed by atoms with Crippen LogP contribution in [0.15, 0.2) is 36.4 Å². The highest BCUT2D eigenvalue weighted by Gasteiger charge is 2.31. The van der Waals surface area contributed by atoms with Crippen molar-refractivity contribution in [3.05, 3.63) is 42.1 Å². The minimum absolute atomic E-state index is 0.0251. The van der Waals surface area contributed by atoms with Gasteiger partial charge < -0.3 is 34.4 Å². The zero-order valence-electron chi connectivity index (χ0n) is 24.0. The fourth-order valence-corrected chi connectivity index (χ4v) is 4.21. The van der Waals surface area contributed by atoms with E-state index >= 15 is 0 Å². The van der Waals surface area contributed by atoms with Crippen molar-refractivity contribution in [3.63, 3.8) is 0 Å². The molecule has 1 unspecified atom stereocenters. The van der Waals surface area contributed by atoms with E-state index < -0.39 is 54.7 Å². The Labute approximate surface area is 247 Å². The van der Waals surface area contributed by atoms with Gasteiger partial charge in [-0.3, -0.25) is 24.0 Å². The van der Waals surface area contributed by atoms with Gasteiger partial charge in [-0.2, -0.15) is 5.10 Å². The molecule has 1 aliphatic heterocycles. The molecule has 15 heteroatoms. The van der Waals surface area contributed by atoms with Crippen molar-refractivity contribution in [3.8, 4) is 11.6 Å². The summed E-state index contributed by atoms with van der Waals surface area (Å²) in [5.74, 6) is -3.62. The summed E-state index contributed by atoms with van der Waals surface area (Å²) in [5, 5.41) is 16.1. The number of amides is 3. The molecule has 0 radical (unpaired) electrons. The summed E-state index contributed by atoms with van der Waals surface area (Å²) in [5.41, 5.74) is 0.351. The molecule has 15 nitrogen and oxygen atoms in total. The summed E-state index contributed by atoms with van der Waals surface area (Å²) < 4.78 is 16.7. The molecule has 232 valence electrons. The van der Waals surface area contributed by atoms with Crippen LogP contribution in [0.25, 0.3) is 5.69 Å². The third-order valence-corrected chi connectivity index (χ3v) is 6.31. The molecular weight excluding hydrogens is 566 g/mol. The Morgan fingerprint density at radius 1 is 0.953 bits per heavy atom. The Morgan fingerprint density at radius 3 is 2.23 bits per heavy atom. The first-order valence-corrected chi connectivity index (χ1v) is 13.8. The van der Waals surface area contributed by atoms with Gasteiger partial charge in [-0.1, -0.05) is 18.2 Å². The number of nitrogens with one attached hydrogen (secondary N) is 1. The van der Waals surface area contributed by atoms with Gasteiger partial charge in [0.2, 0.25) is 11.8 Å². The van der Waals surface area contributed by atoms with Crippen LogP contribution < -0.4 is 10.1 Å². The van der Waals surface area contributed by atoms with Gasteiger partial charge in [0.15, 0.2) is 11.5 Å². The number of piperazine rings is 1. The first kappa shape index (κ1) is 32.6.